The number of nitrogens with zero attached hydrogens (tertiary/aromatic N) is 1. The maximum atomic E-state index is 12.4. The summed E-state index contributed by atoms with van der Waals surface area (Å²) in [6, 6.07) is -3.98. The van der Waals surface area contributed by atoms with Gasteiger partial charge in [0, 0.05) is 12.3 Å². The van der Waals surface area contributed by atoms with Crippen LogP contribution in [0.15, 0.2) is 4.99 Å². The van der Waals surface area contributed by atoms with Crippen molar-refractivity contribution in [2.75, 3.05) is 24.3 Å². The zero-order valence-electron chi connectivity index (χ0n) is 17.7. The van der Waals surface area contributed by atoms with Crippen molar-refractivity contribution >= 4 is 54.0 Å². The first-order valence-electron chi connectivity index (χ1n) is 9.58. The number of hydrogen-bond acceptors (Lipinski definition) is 8. The van der Waals surface area contributed by atoms with Gasteiger partial charge in [0.25, 0.3) is 0 Å². The zero-order valence-corrected chi connectivity index (χ0v) is 19.4. The SMILES string of the molecule is CSCCC(N)C(=O)NC(CS)C(=O)NC(C)C(=O)NC(CCCN=C(N)N)C(=O)O. The summed E-state index contributed by atoms with van der Waals surface area (Å²) in [6.45, 7) is 1.61. The molecular weight excluding hydrogens is 446 g/mol. The van der Waals surface area contributed by atoms with E-state index in [1.807, 2.05) is 6.26 Å². The van der Waals surface area contributed by atoms with E-state index in [0.29, 0.717) is 18.6 Å². The third-order valence-corrected chi connectivity index (χ3v) is 5.11. The number of rotatable bonds is 15. The number of aliphatic carboxylic acids is 1. The number of nitrogens with two attached hydrogens (primary N) is 3. The second-order valence-corrected chi connectivity index (χ2v) is 8.06. The Morgan fingerprint density at radius 1 is 1.03 bits per heavy atom. The molecule has 4 unspecified atom stereocenters. The van der Waals surface area contributed by atoms with Crippen LogP contribution in [0.3, 0.4) is 0 Å². The molecule has 0 heterocycles. The predicted molar refractivity (Wildman–Crippen MR) is 124 cm³/mol. The lowest BCUT2D eigenvalue weighted by Crippen LogP contribution is -2.56. The Labute approximate surface area is 191 Å². The number of carboxylic acids is 1. The van der Waals surface area contributed by atoms with Gasteiger partial charge in [-0.25, -0.2) is 4.79 Å². The summed E-state index contributed by atoms with van der Waals surface area (Å²) in [4.78, 5) is 51.9. The highest BCUT2D eigenvalue weighted by molar-refractivity contribution is 7.98. The van der Waals surface area contributed by atoms with E-state index in [9.17, 15) is 24.3 Å². The summed E-state index contributed by atoms with van der Waals surface area (Å²) in [7, 11) is 0. The van der Waals surface area contributed by atoms with E-state index >= 15 is 0 Å². The maximum Gasteiger partial charge on any atom is 0.326 e. The molecule has 0 aromatic rings. The first kappa shape index (κ1) is 28.8. The van der Waals surface area contributed by atoms with Gasteiger partial charge in [0.1, 0.15) is 18.1 Å². The average molecular weight is 480 g/mol. The summed E-state index contributed by atoms with van der Waals surface area (Å²) in [6.07, 6.45) is 2.77. The quantitative estimate of drug-likeness (QED) is 0.0543. The smallest absolute Gasteiger partial charge is 0.326 e. The van der Waals surface area contributed by atoms with Gasteiger partial charge < -0.3 is 38.3 Å². The fourth-order valence-electron chi connectivity index (χ4n) is 2.29. The standard InChI is InChI=1S/C17H33N7O5S2/c1-9(13(25)23-11(16(28)29)4-3-6-21-17(19)20)22-15(27)12(8-30)24-14(26)10(18)5-7-31-2/h9-12,30H,3-8,18H2,1-2H3,(H,22,27)(H,23,25)(H,24,26)(H,28,29)(H4,19,20,21). The fourth-order valence-corrected chi connectivity index (χ4v) is 3.03. The summed E-state index contributed by atoms with van der Waals surface area (Å²) in [5, 5.41) is 16.6. The minimum absolute atomic E-state index is 0.0102. The maximum absolute atomic E-state index is 12.4. The second-order valence-electron chi connectivity index (χ2n) is 6.71. The minimum Gasteiger partial charge on any atom is -0.480 e. The average Bonchev–Trinajstić information content (AvgIpc) is 2.71. The van der Waals surface area contributed by atoms with Gasteiger partial charge in [-0.2, -0.15) is 24.4 Å². The van der Waals surface area contributed by atoms with Gasteiger partial charge in [-0.15, -0.1) is 0 Å². The number of aliphatic imine (C=N–C) groups is 1. The molecule has 0 saturated carbocycles. The molecule has 0 fully saturated rings. The van der Waals surface area contributed by atoms with Crippen LogP contribution in [0.4, 0.5) is 0 Å². The Hall–Kier alpha value is -2.19. The number of thiol groups is 1. The lowest BCUT2D eigenvalue weighted by molar-refractivity contribution is -0.142. The minimum atomic E-state index is -1.23. The Bertz CT molecular complexity index is 646. The zero-order chi connectivity index (χ0) is 24.0. The number of guanidine groups is 1. The molecular formula is C17H33N7O5S2. The molecule has 31 heavy (non-hydrogen) atoms. The predicted octanol–water partition coefficient (Wildman–Crippen LogP) is -2.39. The third-order valence-electron chi connectivity index (χ3n) is 4.10. The highest BCUT2D eigenvalue weighted by atomic mass is 32.2. The molecule has 0 aliphatic rings. The van der Waals surface area contributed by atoms with Crippen molar-refractivity contribution in [3.63, 3.8) is 0 Å². The van der Waals surface area contributed by atoms with Crippen molar-refractivity contribution < 1.29 is 24.3 Å². The van der Waals surface area contributed by atoms with Crippen molar-refractivity contribution in [3.05, 3.63) is 0 Å². The molecule has 10 N–H and O–H groups in total. The molecule has 14 heteroatoms. The van der Waals surface area contributed by atoms with E-state index in [1.165, 1.54) is 6.92 Å². The van der Waals surface area contributed by atoms with E-state index in [4.69, 9.17) is 17.2 Å². The van der Waals surface area contributed by atoms with Gasteiger partial charge in [-0.1, -0.05) is 0 Å². The van der Waals surface area contributed by atoms with E-state index in [0.717, 1.165) is 0 Å². The van der Waals surface area contributed by atoms with Crippen LogP contribution in [-0.4, -0.2) is 83.2 Å². The van der Waals surface area contributed by atoms with Crippen molar-refractivity contribution in [3.8, 4) is 0 Å². The molecule has 0 aromatic heterocycles. The topological polar surface area (TPSA) is 215 Å². The van der Waals surface area contributed by atoms with Crippen molar-refractivity contribution in [2.45, 2.75) is 50.4 Å². The Kier molecular flexibility index (Phi) is 14.5. The molecule has 4 atom stereocenters. The molecule has 0 aliphatic heterocycles. The number of nitrogens with one attached hydrogen (secondary N) is 3. The highest BCUT2D eigenvalue weighted by Crippen LogP contribution is 2.02. The largest absolute Gasteiger partial charge is 0.480 e. The van der Waals surface area contributed by atoms with Crippen LogP contribution in [0.2, 0.25) is 0 Å². The molecule has 12 nitrogen and oxygen atoms in total. The molecule has 0 rings (SSSR count). The lowest BCUT2D eigenvalue weighted by atomic mass is 10.1. The van der Waals surface area contributed by atoms with Crippen molar-refractivity contribution in [1.29, 1.82) is 0 Å². The van der Waals surface area contributed by atoms with Gasteiger partial charge in [0.15, 0.2) is 5.96 Å². The van der Waals surface area contributed by atoms with Crippen molar-refractivity contribution in [1.82, 2.24) is 16.0 Å². The Morgan fingerprint density at radius 2 is 1.65 bits per heavy atom. The van der Waals surface area contributed by atoms with Crippen LogP contribution >= 0.6 is 24.4 Å². The summed E-state index contributed by atoms with van der Waals surface area (Å²) < 4.78 is 0. The van der Waals surface area contributed by atoms with Gasteiger partial charge in [-0.05, 0) is 38.2 Å². The molecule has 0 saturated heterocycles. The van der Waals surface area contributed by atoms with Crippen LogP contribution in [0, 0.1) is 0 Å². The van der Waals surface area contributed by atoms with Gasteiger partial charge >= 0.3 is 5.97 Å². The normalized spacial score (nSPS) is 14.5. The second kappa shape index (κ2) is 15.6. The Balaban J connectivity index is 4.74. The monoisotopic (exact) mass is 479 g/mol. The third kappa shape index (κ3) is 12.3. The highest BCUT2D eigenvalue weighted by Gasteiger charge is 2.27. The number of carboxylic acid groups (broad SMARTS) is 1. The van der Waals surface area contributed by atoms with Crippen LogP contribution in [0.25, 0.3) is 0 Å². The number of amides is 3. The molecule has 0 aromatic carbocycles. The van der Waals surface area contributed by atoms with E-state index in [2.05, 4.69) is 33.6 Å². The van der Waals surface area contributed by atoms with Crippen LogP contribution in [-0.2, 0) is 19.2 Å². The summed E-state index contributed by atoms with van der Waals surface area (Å²) in [5.74, 6) is -2.47. The number of hydrogen-bond donors (Lipinski definition) is 8. The fraction of sp³-hybridized carbons (Fsp3) is 0.706. The number of thioether (sulfide) groups is 1. The van der Waals surface area contributed by atoms with E-state index in [-0.39, 0.29) is 24.7 Å². The summed E-state index contributed by atoms with van der Waals surface area (Å²) in [5.41, 5.74) is 16.2. The molecule has 178 valence electrons. The molecule has 0 aliphatic carbocycles. The van der Waals surface area contributed by atoms with Gasteiger partial charge in [0.05, 0.1) is 6.04 Å². The van der Waals surface area contributed by atoms with Crippen molar-refractivity contribution in [2.24, 2.45) is 22.2 Å². The molecule has 0 bridgehead atoms. The van der Waals surface area contributed by atoms with Gasteiger partial charge in [-0.3, -0.25) is 19.4 Å². The van der Waals surface area contributed by atoms with E-state index < -0.39 is 47.9 Å². The van der Waals surface area contributed by atoms with E-state index in [1.54, 1.807) is 11.8 Å². The van der Waals surface area contributed by atoms with Crippen LogP contribution < -0.4 is 33.2 Å². The molecule has 3 amide bonds. The Morgan fingerprint density at radius 3 is 2.16 bits per heavy atom. The lowest BCUT2D eigenvalue weighted by Gasteiger charge is -2.22. The summed E-state index contributed by atoms with van der Waals surface area (Å²) >= 11 is 5.61. The number of carbonyl (C=O) groups excluding carboxylic acids is 3. The molecule has 0 radical (unpaired) electrons. The first-order valence-corrected chi connectivity index (χ1v) is 11.6. The van der Waals surface area contributed by atoms with Gasteiger partial charge in [0.2, 0.25) is 17.7 Å². The number of carbonyl (C=O) groups is 4. The van der Waals surface area contributed by atoms with Crippen LogP contribution in [0.5, 0.6) is 0 Å². The molecule has 0 spiro atoms. The van der Waals surface area contributed by atoms with Crippen LogP contribution in [0.1, 0.15) is 26.2 Å². The first-order chi connectivity index (χ1) is 14.5.